The van der Waals surface area contributed by atoms with Crippen molar-refractivity contribution in [3.05, 3.63) is 29.8 Å². The number of rotatable bonds is 6. The third-order valence-corrected chi connectivity index (χ3v) is 4.88. The first-order valence-corrected chi connectivity index (χ1v) is 7.67. The van der Waals surface area contributed by atoms with Crippen LogP contribution in [0.25, 0.3) is 0 Å². The molecule has 0 bridgehead atoms. The lowest BCUT2D eigenvalue weighted by molar-refractivity contribution is 0.192. The average molecular weight is 272 g/mol. The van der Waals surface area contributed by atoms with Gasteiger partial charge < -0.3 is 9.84 Å². The molecule has 0 heterocycles. The molecular formula is C13H20O4S. The summed E-state index contributed by atoms with van der Waals surface area (Å²) < 4.78 is 28.7. The van der Waals surface area contributed by atoms with Gasteiger partial charge in [0.2, 0.25) is 0 Å². The van der Waals surface area contributed by atoms with Gasteiger partial charge in [-0.3, -0.25) is 0 Å². The van der Waals surface area contributed by atoms with Crippen LogP contribution in [-0.4, -0.2) is 31.1 Å². The quantitative estimate of drug-likeness (QED) is 0.859. The number of aliphatic hydroxyl groups is 1. The van der Waals surface area contributed by atoms with Gasteiger partial charge in [0.05, 0.1) is 17.1 Å². The summed E-state index contributed by atoms with van der Waals surface area (Å²) >= 11 is 0. The van der Waals surface area contributed by atoms with Crippen molar-refractivity contribution in [1.29, 1.82) is 0 Å². The molecule has 18 heavy (non-hydrogen) atoms. The Bertz CT molecular complexity index is 478. The van der Waals surface area contributed by atoms with E-state index in [1.165, 1.54) is 0 Å². The van der Waals surface area contributed by atoms with Gasteiger partial charge >= 0.3 is 0 Å². The van der Waals surface area contributed by atoms with E-state index in [2.05, 4.69) is 0 Å². The monoisotopic (exact) mass is 272 g/mol. The summed E-state index contributed by atoms with van der Waals surface area (Å²) in [5, 5.41) is 9.16. The lowest BCUT2D eigenvalue weighted by atomic mass is 10.1. The Kier molecular flexibility index (Phi) is 5.16. The SMILES string of the molecule is CC(C)S(=O)(=O)CCOc1ccccc1[C@@H](C)O. The predicted octanol–water partition coefficient (Wildman–Crippen LogP) is 1.94. The molecule has 0 aliphatic carbocycles. The molecule has 0 spiro atoms. The zero-order valence-electron chi connectivity index (χ0n) is 11.0. The zero-order chi connectivity index (χ0) is 13.8. The molecule has 0 radical (unpaired) electrons. The highest BCUT2D eigenvalue weighted by Gasteiger charge is 2.16. The zero-order valence-corrected chi connectivity index (χ0v) is 11.8. The van der Waals surface area contributed by atoms with Crippen molar-refractivity contribution in [3.8, 4) is 5.75 Å². The molecule has 5 heteroatoms. The van der Waals surface area contributed by atoms with Crippen LogP contribution in [0.5, 0.6) is 5.75 Å². The van der Waals surface area contributed by atoms with E-state index in [0.717, 1.165) is 0 Å². The van der Waals surface area contributed by atoms with E-state index in [1.54, 1.807) is 45.0 Å². The Morgan fingerprint density at radius 2 is 1.83 bits per heavy atom. The van der Waals surface area contributed by atoms with Crippen LogP contribution in [0.1, 0.15) is 32.4 Å². The molecule has 1 rings (SSSR count). The van der Waals surface area contributed by atoms with Gasteiger partial charge in [0.1, 0.15) is 12.4 Å². The smallest absolute Gasteiger partial charge is 0.155 e. The maximum absolute atomic E-state index is 11.6. The molecule has 1 atom stereocenters. The van der Waals surface area contributed by atoms with Crippen molar-refractivity contribution in [2.24, 2.45) is 0 Å². The summed E-state index contributed by atoms with van der Waals surface area (Å²) in [6, 6.07) is 7.08. The minimum absolute atomic E-state index is 0.0151. The topological polar surface area (TPSA) is 63.6 Å². The van der Waals surface area contributed by atoms with Crippen LogP contribution >= 0.6 is 0 Å². The molecule has 0 saturated heterocycles. The van der Waals surface area contributed by atoms with Crippen LogP contribution in [0.3, 0.4) is 0 Å². The third kappa shape index (κ3) is 3.99. The highest BCUT2D eigenvalue weighted by molar-refractivity contribution is 7.91. The van der Waals surface area contributed by atoms with Gasteiger partial charge in [0.15, 0.2) is 9.84 Å². The Balaban J connectivity index is 2.65. The number of benzene rings is 1. The van der Waals surface area contributed by atoms with E-state index < -0.39 is 21.2 Å². The van der Waals surface area contributed by atoms with Crippen LogP contribution in [0.2, 0.25) is 0 Å². The number of hydrogen-bond donors (Lipinski definition) is 1. The average Bonchev–Trinajstić information content (AvgIpc) is 2.29. The number of sulfone groups is 1. The standard InChI is InChI=1S/C13H20O4S/c1-10(2)18(15,16)9-8-17-13-7-5-4-6-12(13)11(3)14/h4-7,10-11,14H,8-9H2,1-3H3/t11-/m1/s1. The Labute approximate surface area is 109 Å². The molecule has 0 aliphatic rings. The Hall–Kier alpha value is -1.07. The van der Waals surface area contributed by atoms with Crippen molar-refractivity contribution in [2.45, 2.75) is 32.1 Å². The maximum atomic E-state index is 11.6. The summed E-state index contributed by atoms with van der Waals surface area (Å²) in [7, 11) is -3.09. The van der Waals surface area contributed by atoms with Crippen molar-refractivity contribution in [1.82, 2.24) is 0 Å². The van der Waals surface area contributed by atoms with Gasteiger partial charge in [-0.2, -0.15) is 0 Å². The van der Waals surface area contributed by atoms with Crippen molar-refractivity contribution in [3.63, 3.8) is 0 Å². The van der Waals surface area contributed by atoms with Gasteiger partial charge in [0.25, 0.3) is 0 Å². The van der Waals surface area contributed by atoms with Gasteiger partial charge in [-0.25, -0.2) is 8.42 Å². The predicted molar refractivity (Wildman–Crippen MR) is 71.5 cm³/mol. The third-order valence-electron chi connectivity index (χ3n) is 2.71. The van der Waals surface area contributed by atoms with Crippen LogP contribution in [0, 0.1) is 0 Å². The summed E-state index contributed by atoms with van der Waals surface area (Å²) in [5.74, 6) is 0.519. The molecule has 1 aromatic rings. The van der Waals surface area contributed by atoms with Crippen molar-refractivity contribution in [2.75, 3.05) is 12.4 Å². The Morgan fingerprint density at radius 1 is 1.22 bits per heavy atom. The lowest BCUT2D eigenvalue weighted by Crippen LogP contribution is -2.22. The lowest BCUT2D eigenvalue weighted by Gasteiger charge is -2.14. The van der Waals surface area contributed by atoms with Crippen LogP contribution in [-0.2, 0) is 9.84 Å². The summed E-state index contributed by atoms with van der Waals surface area (Å²) in [6.07, 6.45) is -0.636. The van der Waals surface area contributed by atoms with Gasteiger partial charge in [-0.05, 0) is 26.8 Å². The second-order valence-corrected chi connectivity index (χ2v) is 7.15. The van der Waals surface area contributed by atoms with Crippen molar-refractivity contribution < 1.29 is 18.3 Å². The molecule has 0 aromatic heterocycles. The van der Waals surface area contributed by atoms with Gasteiger partial charge in [-0.1, -0.05) is 18.2 Å². The second kappa shape index (κ2) is 6.20. The molecule has 0 saturated carbocycles. The van der Waals surface area contributed by atoms with E-state index in [0.29, 0.717) is 11.3 Å². The van der Waals surface area contributed by atoms with Gasteiger partial charge in [-0.15, -0.1) is 0 Å². The minimum Gasteiger partial charge on any atom is -0.492 e. The fourth-order valence-electron chi connectivity index (χ4n) is 1.46. The largest absolute Gasteiger partial charge is 0.492 e. The number of hydrogen-bond acceptors (Lipinski definition) is 4. The van der Waals surface area contributed by atoms with E-state index in [1.807, 2.05) is 0 Å². The normalized spacial score (nSPS) is 13.6. The molecule has 0 unspecified atom stereocenters. The molecule has 0 aliphatic heterocycles. The van der Waals surface area contributed by atoms with Crippen LogP contribution < -0.4 is 4.74 Å². The van der Waals surface area contributed by atoms with Crippen LogP contribution in [0.4, 0.5) is 0 Å². The molecular weight excluding hydrogens is 252 g/mol. The first-order valence-electron chi connectivity index (χ1n) is 5.96. The molecule has 0 amide bonds. The van der Waals surface area contributed by atoms with E-state index in [9.17, 15) is 13.5 Å². The molecule has 4 nitrogen and oxygen atoms in total. The van der Waals surface area contributed by atoms with Crippen molar-refractivity contribution >= 4 is 9.84 Å². The number of aliphatic hydroxyl groups excluding tert-OH is 1. The first kappa shape index (κ1) is 15.0. The first-order chi connectivity index (χ1) is 8.34. The highest BCUT2D eigenvalue weighted by Crippen LogP contribution is 2.24. The summed E-state index contributed by atoms with van der Waals surface area (Å²) in [5.41, 5.74) is 0.666. The molecule has 1 N–H and O–H groups in total. The molecule has 0 fully saturated rings. The fraction of sp³-hybridized carbons (Fsp3) is 0.538. The maximum Gasteiger partial charge on any atom is 0.155 e. The van der Waals surface area contributed by atoms with E-state index in [4.69, 9.17) is 4.74 Å². The fourth-order valence-corrected chi connectivity index (χ4v) is 2.25. The van der Waals surface area contributed by atoms with E-state index in [-0.39, 0.29) is 12.4 Å². The van der Waals surface area contributed by atoms with E-state index >= 15 is 0 Å². The minimum atomic E-state index is -3.09. The second-order valence-electron chi connectivity index (χ2n) is 4.48. The van der Waals surface area contributed by atoms with Gasteiger partial charge in [0, 0.05) is 5.56 Å². The molecule has 1 aromatic carbocycles. The number of para-hydroxylation sites is 1. The summed E-state index contributed by atoms with van der Waals surface area (Å²) in [6.45, 7) is 5.05. The van der Waals surface area contributed by atoms with Crippen LogP contribution in [0.15, 0.2) is 24.3 Å². The Morgan fingerprint density at radius 3 is 2.39 bits per heavy atom. The molecule has 102 valence electrons. The number of ether oxygens (including phenoxy) is 1. The highest BCUT2D eigenvalue weighted by atomic mass is 32.2. The summed E-state index contributed by atoms with van der Waals surface area (Å²) in [4.78, 5) is 0.